The first-order valence-corrected chi connectivity index (χ1v) is 9.18. The van der Waals surface area contributed by atoms with Crippen LogP contribution in [0.4, 0.5) is 0 Å². The number of pyridine rings is 1. The van der Waals surface area contributed by atoms with Gasteiger partial charge in [-0.05, 0) is 33.6 Å². The number of Topliss-reactive ketones (excluding diaryl/α,β-unsaturated/α-hetero) is 1. The summed E-state index contributed by atoms with van der Waals surface area (Å²) in [5.41, 5.74) is 0.943. The minimum Gasteiger partial charge on any atom is -0.480 e. The van der Waals surface area contributed by atoms with Crippen molar-refractivity contribution < 1.29 is 17.9 Å². The Labute approximate surface area is 136 Å². The van der Waals surface area contributed by atoms with E-state index in [9.17, 15) is 13.2 Å². The van der Waals surface area contributed by atoms with Crippen molar-refractivity contribution in [1.29, 1.82) is 0 Å². The third kappa shape index (κ3) is 2.78. The first-order valence-electron chi connectivity index (χ1n) is 6.49. The monoisotopic (exact) mass is 381 g/mol. The molecule has 1 aliphatic carbocycles. The van der Waals surface area contributed by atoms with Crippen molar-refractivity contribution in [1.82, 2.24) is 4.98 Å². The van der Waals surface area contributed by atoms with Crippen LogP contribution in [0.15, 0.2) is 46.0 Å². The number of aromatic nitrogens is 1. The molecular weight excluding hydrogens is 370 g/mol. The molecule has 22 heavy (non-hydrogen) atoms. The first-order chi connectivity index (χ1) is 10.4. The molecule has 0 aliphatic heterocycles. The average Bonchev–Trinajstić information content (AvgIpc) is 2.75. The summed E-state index contributed by atoms with van der Waals surface area (Å²) in [7, 11) is -3.46. The molecule has 114 valence electrons. The van der Waals surface area contributed by atoms with Crippen molar-refractivity contribution in [3.05, 3.63) is 52.3 Å². The van der Waals surface area contributed by atoms with Crippen LogP contribution in [0.2, 0.25) is 0 Å². The second kappa shape index (κ2) is 5.48. The van der Waals surface area contributed by atoms with Crippen LogP contribution in [0.1, 0.15) is 15.9 Å². The highest BCUT2D eigenvalue weighted by Gasteiger charge is 2.36. The molecule has 1 heterocycles. The Balaban J connectivity index is 1.95. The molecule has 1 aromatic carbocycles. The van der Waals surface area contributed by atoms with Crippen LogP contribution in [0.25, 0.3) is 0 Å². The van der Waals surface area contributed by atoms with Crippen LogP contribution >= 0.6 is 15.9 Å². The van der Waals surface area contributed by atoms with Crippen LogP contribution in [0.5, 0.6) is 5.75 Å². The lowest BCUT2D eigenvalue weighted by Crippen LogP contribution is -2.24. The van der Waals surface area contributed by atoms with Crippen molar-refractivity contribution in [2.45, 2.75) is 17.4 Å². The molecule has 0 bridgehead atoms. The summed E-state index contributed by atoms with van der Waals surface area (Å²) in [6, 6.07) is 6.56. The summed E-state index contributed by atoms with van der Waals surface area (Å²) in [6.07, 6.45) is 3.85. The van der Waals surface area contributed by atoms with E-state index < -0.39 is 15.9 Å². The zero-order valence-corrected chi connectivity index (χ0v) is 14.0. The molecule has 2 aromatic rings. The van der Waals surface area contributed by atoms with E-state index in [4.69, 9.17) is 4.74 Å². The Kier molecular flexibility index (Phi) is 3.78. The molecule has 1 unspecified atom stereocenters. The number of ketones is 1. The molecule has 3 rings (SSSR count). The maximum Gasteiger partial charge on any atom is 0.205 e. The Morgan fingerprint density at radius 1 is 1.32 bits per heavy atom. The van der Waals surface area contributed by atoms with Crippen LogP contribution in [-0.4, -0.2) is 31.5 Å². The Bertz CT molecular complexity index is 864. The van der Waals surface area contributed by atoms with Crippen molar-refractivity contribution in [2.75, 3.05) is 6.26 Å². The van der Waals surface area contributed by atoms with E-state index in [1.54, 1.807) is 24.4 Å². The number of carbonyl (C=O) groups excluding carboxylic acids is 1. The zero-order valence-electron chi connectivity index (χ0n) is 11.6. The number of ether oxygens (including phenoxy) is 1. The molecule has 0 fully saturated rings. The highest BCUT2D eigenvalue weighted by atomic mass is 79.9. The average molecular weight is 382 g/mol. The fraction of sp³-hybridized carbons (Fsp3) is 0.200. The number of fused-ring (bicyclic) bond motifs is 1. The van der Waals surface area contributed by atoms with E-state index in [1.807, 2.05) is 0 Å². The van der Waals surface area contributed by atoms with Gasteiger partial charge < -0.3 is 4.74 Å². The third-order valence-electron chi connectivity index (χ3n) is 3.41. The number of nitrogens with zero attached hydrogens (tertiary/aromatic N) is 1. The van der Waals surface area contributed by atoms with Gasteiger partial charge >= 0.3 is 0 Å². The number of hydrogen-bond donors (Lipinski definition) is 0. The highest BCUT2D eigenvalue weighted by Crippen LogP contribution is 2.31. The molecule has 7 heteroatoms. The SMILES string of the molecule is CS(=O)(=O)c1cccc2c1C(=O)C(Oc1cncc(Br)c1)C2. The van der Waals surface area contributed by atoms with Gasteiger partial charge in [-0.2, -0.15) is 0 Å². The molecule has 0 amide bonds. The number of carbonyl (C=O) groups is 1. The van der Waals surface area contributed by atoms with Crippen molar-refractivity contribution >= 4 is 31.6 Å². The maximum absolute atomic E-state index is 12.5. The molecule has 5 nitrogen and oxygen atoms in total. The number of sulfone groups is 1. The lowest BCUT2D eigenvalue weighted by Gasteiger charge is -2.11. The second-order valence-electron chi connectivity index (χ2n) is 5.08. The third-order valence-corrected chi connectivity index (χ3v) is 4.99. The van der Waals surface area contributed by atoms with E-state index in [1.165, 1.54) is 12.3 Å². The standard InChI is InChI=1S/C15H12BrNO4S/c1-22(19,20)13-4-2-3-9-5-12(15(18)14(9)13)21-11-6-10(16)7-17-8-11/h2-4,6-8,12H,5H2,1H3. The van der Waals surface area contributed by atoms with Crippen molar-refractivity contribution in [3.8, 4) is 5.75 Å². The van der Waals surface area contributed by atoms with Crippen LogP contribution < -0.4 is 4.74 Å². The van der Waals surface area contributed by atoms with Crippen LogP contribution in [-0.2, 0) is 16.3 Å². The summed E-state index contributed by atoms with van der Waals surface area (Å²) >= 11 is 3.29. The molecule has 0 spiro atoms. The highest BCUT2D eigenvalue weighted by molar-refractivity contribution is 9.10. The van der Waals surface area contributed by atoms with Gasteiger partial charge in [0.05, 0.1) is 11.1 Å². The van der Waals surface area contributed by atoms with Gasteiger partial charge in [-0.1, -0.05) is 12.1 Å². The number of rotatable bonds is 3. The summed E-state index contributed by atoms with van der Waals surface area (Å²) in [5.74, 6) is 0.150. The van der Waals surface area contributed by atoms with Gasteiger partial charge in [0.15, 0.2) is 15.9 Å². The number of halogens is 1. The normalized spacial score (nSPS) is 17.4. The predicted molar refractivity (Wildman–Crippen MR) is 83.9 cm³/mol. The first kappa shape index (κ1) is 15.2. The minimum atomic E-state index is -3.46. The van der Waals surface area contributed by atoms with E-state index in [0.29, 0.717) is 17.7 Å². The minimum absolute atomic E-state index is 0.0634. The van der Waals surface area contributed by atoms with Crippen LogP contribution in [0, 0.1) is 0 Å². The fourth-order valence-electron chi connectivity index (χ4n) is 2.51. The Morgan fingerprint density at radius 3 is 2.77 bits per heavy atom. The van der Waals surface area contributed by atoms with Gasteiger partial charge in [-0.3, -0.25) is 9.78 Å². The maximum atomic E-state index is 12.5. The van der Waals surface area contributed by atoms with Gasteiger partial charge in [0.25, 0.3) is 0 Å². The molecule has 0 saturated carbocycles. The molecule has 0 N–H and O–H groups in total. The molecule has 0 radical (unpaired) electrons. The van der Waals surface area contributed by atoms with Gasteiger partial charge in [0, 0.05) is 28.9 Å². The summed E-state index contributed by atoms with van der Waals surface area (Å²) in [6.45, 7) is 0. The number of hydrogen-bond acceptors (Lipinski definition) is 5. The van der Waals surface area contributed by atoms with Gasteiger partial charge in [0.1, 0.15) is 5.75 Å². The molecule has 1 aromatic heterocycles. The predicted octanol–water partition coefficient (Wildman–Crippen LogP) is 2.43. The smallest absolute Gasteiger partial charge is 0.205 e. The van der Waals surface area contributed by atoms with E-state index in [0.717, 1.165) is 10.7 Å². The summed E-state index contributed by atoms with van der Waals surface area (Å²) in [5, 5.41) is 0. The van der Waals surface area contributed by atoms with E-state index >= 15 is 0 Å². The van der Waals surface area contributed by atoms with E-state index in [-0.39, 0.29) is 16.2 Å². The van der Waals surface area contributed by atoms with E-state index in [2.05, 4.69) is 20.9 Å². The Hall–Kier alpha value is -1.73. The topological polar surface area (TPSA) is 73.3 Å². The Morgan fingerprint density at radius 2 is 2.09 bits per heavy atom. The largest absolute Gasteiger partial charge is 0.480 e. The quantitative estimate of drug-likeness (QED) is 0.815. The molecule has 0 saturated heterocycles. The summed E-state index contributed by atoms with van der Waals surface area (Å²) in [4.78, 5) is 16.6. The fourth-order valence-corrected chi connectivity index (χ4v) is 3.78. The number of benzene rings is 1. The van der Waals surface area contributed by atoms with Crippen LogP contribution in [0.3, 0.4) is 0 Å². The zero-order chi connectivity index (χ0) is 15.9. The van der Waals surface area contributed by atoms with Crippen molar-refractivity contribution in [2.24, 2.45) is 0 Å². The lowest BCUT2D eigenvalue weighted by atomic mass is 10.1. The second-order valence-corrected chi connectivity index (χ2v) is 7.98. The lowest BCUT2D eigenvalue weighted by molar-refractivity contribution is 0.0818. The van der Waals surface area contributed by atoms with Gasteiger partial charge in [0.2, 0.25) is 5.78 Å². The molecular formula is C15H12BrNO4S. The molecule has 1 atom stereocenters. The van der Waals surface area contributed by atoms with Gasteiger partial charge in [-0.25, -0.2) is 8.42 Å². The molecule has 1 aliphatic rings. The van der Waals surface area contributed by atoms with Gasteiger partial charge in [-0.15, -0.1) is 0 Å². The summed E-state index contributed by atoms with van der Waals surface area (Å²) < 4.78 is 30.1. The van der Waals surface area contributed by atoms with Crippen molar-refractivity contribution in [3.63, 3.8) is 0 Å².